The molecule has 0 saturated heterocycles. The quantitative estimate of drug-likeness (QED) is 0.593. The summed E-state index contributed by atoms with van der Waals surface area (Å²) >= 11 is 0. The van der Waals surface area contributed by atoms with Crippen molar-refractivity contribution in [2.75, 3.05) is 32.1 Å². The summed E-state index contributed by atoms with van der Waals surface area (Å²) in [5.74, 6) is 0.287. The first-order chi connectivity index (χ1) is 7.54. The first kappa shape index (κ1) is 15.9. The number of hydrogen-bond acceptors (Lipinski definition) is 4. The van der Waals surface area contributed by atoms with Crippen LogP contribution < -0.4 is 5.32 Å². The van der Waals surface area contributed by atoms with Gasteiger partial charge >= 0.3 is 0 Å². The molecule has 0 rings (SSSR count). The van der Waals surface area contributed by atoms with Crippen molar-refractivity contribution in [3.8, 4) is 0 Å². The van der Waals surface area contributed by atoms with E-state index in [0.717, 1.165) is 26.2 Å². The second kappa shape index (κ2) is 8.96. The van der Waals surface area contributed by atoms with Gasteiger partial charge in [-0.2, -0.15) is 0 Å². The van der Waals surface area contributed by atoms with E-state index >= 15 is 0 Å². The van der Waals surface area contributed by atoms with E-state index in [0.29, 0.717) is 13.0 Å². The zero-order chi connectivity index (χ0) is 12.4. The van der Waals surface area contributed by atoms with Crippen molar-refractivity contribution < 1.29 is 13.2 Å². The van der Waals surface area contributed by atoms with E-state index in [1.54, 1.807) is 6.92 Å². The van der Waals surface area contributed by atoms with E-state index in [9.17, 15) is 8.42 Å². The van der Waals surface area contributed by atoms with Gasteiger partial charge in [0.15, 0.2) is 9.84 Å². The Morgan fingerprint density at radius 1 is 1.31 bits per heavy atom. The highest BCUT2D eigenvalue weighted by Crippen LogP contribution is 2.02. The molecule has 16 heavy (non-hydrogen) atoms. The molecule has 1 N–H and O–H groups in total. The molecule has 5 heteroatoms. The Kier molecular flexibility index (Phi) is 8.89. The van der Waals surface area contributed by atoms with Gasteiger partial charge < -0.3 is 10.1 Å². The SMILES string of the molecule is CCCS(=O)(=O)C(C)CNCCCOCC. The van der Waals surface area contributed by atoms with Crippen LogP contribution in [0.3, 0.4) is 0 Å². The van der Waals surface area contributed by atoms with Crippen LogP contribution in [0.1, 0.15) is 33.6 Å². The first-order valence-corrected chi connectivity index (χ1v) is 7.76. The number of nitrogens with one attached hydrogen (secondary N) is 1. The zero-order valence-corrected chi connectivity index (χ0v) is 11.5. The third kappa shape index (κ3) is 7.19. The summed E-state index contributed by atoms with van der Waals surface area (Å²) in [6.07, 6.45) is 1.62. The molecule has 0 radical (unpaired) electrons. The summed E-state index contributed by atoms with van der Waals surface area (Å²) in [6, 6.07) is 0. The average molecular weight is 251 g/mol. The first-order valence-electron chi connectivity index (χ1n) is 6.04. The molecule has 0 heterocycles. The van der Waals surface area contributed by atoms with Crippen LogP contribution in [-0.4, -0.2) is 45.7 Å². The Morgan fingerprint density at radius 3 is 2.56 bits per heavy atom. The fourth-order valence-electron chi connectivity index (χ4n) is 1.36. The van der Waals surface area contributed by atoms with E-state index in [4.69, 9.17) is 4.74 Å². The number of ether oxygens (including phenoxy) is 1. The van der Waals surface area contributed by atoms with E-state index in [1.807, 2.05) is 13.8 Å². The lowest BCUT2D eigenvalue weighted by atomic mass is 10.4. The van der Waals surface area contributed by atoms with Crippen LogP contribution in [0.2, 0.25) is 0 Å². The Bertz CT molecular complexity index is 252. The summed E-state index contributed by atoms with van der Waals surface area (Å²) < 4.78 is 28.5. The van der Waals surface area contributed by atoms with Crippen LogP contribution in [0.5, 0.6) is 0 Å². The van der Waals surface area contributed by atoms with Gasteiger partial charge in [-0.1, -0.05) is 6.92 Å². The Labute approximate surface area is 99.7 Å². The number of hydrogen-bond donors (Lipinski definition) is 1. The molecule has 0 aliphatic carbocycles. The van der Waals surface area contributed by atoms with Crippen LogP contribution in [0.25, 0.3) is 0 Å². The zero-order valence-electron chi connectivity index (χ0n) is 10.7. The number of rotatable bonds is 10. The molecule has 98 valence electrons. The molecule has 1 unspecified atom stereocenters. The Balaban J connectivity index is 3.61. The summed E-state index contributed by atoms with van der Waals surface area (Å²) in [5.41, 5.74) is 0. The van der Waals surface area contributed by atoms with Gasteiger partial charge in [0.05, 0.1) is 11.0 Å². The largest absolute Gasteiger partial charge is 0.382 e. The van der Waals surface area contributed by atoms with Gasteiger partial charge in [0, 0.05) is 19.8 Å². The summed E-state index contributed by atoms with van der Waals surface area (Å²) in [6.45, 7) is 8.44. The summed E-state index contributed by atoms with van der Waals surface area (Å²) in [7, 11) is -2.90. The lowest BCUT2D eigenvalue weighted by Crippen LogP contribution is -2.33. The predicted molar refractivity (Wildman–Crippen MR) is 67.5 cm³/mol. The van der Waals surface area contributed by atoms with Crippen molar-refractivity contribution in [2.24, 2.45) is 0 Å². The Morgan fingerprint density at radius 2 is 2.00 bits per heavy atom. The van der Waals surface area contributed by atoms with Gasteiger partial charge in [-0.3, -0.25) is 0 Å². The molecule has 4 nitrogen and oxygen atoms in total. The number of sulfone groups is 1. The van der Waals surface area contributed by atoms with Crippen molar-refractivity contribution in [3.05, 3.63) is 0 Å². The highest BCUT2D eigenvalue weighted by molar-refractivity contribution is 7.92. The van der Waals surface area contributed by atoms with Gasteiger partial charge in [0.25, 0.3) is 0 Å². The van der Waals surface area contributed by atoms with Crippen LogP contribution >= 0.6 is 0 Å². The molecule has 0 fully saturated rings. The van der Waals surface area contributed by atoms with Gasteiger partial charge in [0.1, 0.15) is 0 Å². The van der Waals surface area contributed by atoms with Gasteiger partial charge in [0.2, 0.25) is 0 Å². The van der Waals surface area contributed by atoms with Crippen LogP contribution in [0, 0.1) is 0 Å². The Hall–Kier alpha value is -0.130. The van der Waals surface area contributed by atoms with Crippen molar-refractivity contribution >= 4 is 9.84 Å². The molecular weight excluding hydrogens is 226 g/mol. The minimum atomic E-state index is -2.90. The van der Waals surface area contributed by atoms with Gasteiger partial charge in [-0.15, -0.1) is 0 Å². The minimum Gasteiger partial charge on any atom is -0.382 e. The second-order valence-electron chi connectivity index (χ2n) is 3.93. The topological polar surface area (TPSA) is 55.4 Å². The van der Waals surface area contributed by atoms with E-state index in [-0.39, 0.29) is 11.0 Å². The molecule has 0 spiro atoms. The van der Waals surface area contributed by atoms with Crippen molar-refractivity contribution in [1.82, 2.24) is 5.32 Å². The molecule has 0 saturated carbocycles. The average Bonchev–Trinajstić information content (AvgIpc) is 2.22. The summed E-state index contributed by atoms with van der Waals surface area (Å²) in [5, 5.41) is 2.86. The molecular formula is C11H25NO3S. The molecule has 0 amide bonds. The maximum atomic E-state index is 11.6. The van der Waals surface area contributed by atoms with Crippen molar-refractivity contribution in [1.29, 1.82) is 0 Å². The standard InChI is InChI=1S/C11H25NO3S/c1-4-9-16(13,14)11(3)10-12-7-6-8-15-5-2/h11-12H,4-10H2,1-3H3. The maximum Gasteiger partial charge on any atom is 0.154 e. The van der Waals surface area contributed by atoms with E-state index in [2.05, 4.69) is 5.32 Å². The third-order valence-corrected chi connectivity index (χ3v) is 4.75. The molecule has 0 aromatic rings. The monoisotopic (exact) mass is 251 g/mol. The van der Waals surface area contributed by atoms with Gasteiger partial charge in [-0.25, -0.2) is 8.42 Å². The molecule has 0 bridgehead atoms. The second-order valence-corrected chi connectivity index (χ2v) is 6.47. The van der Waals surface area contributed by atoms with Crippen molar-refractivity contribution in [2.45, 2.75) is 38.9 Å². The van der Waals surface area contributed by atoms with E-state index < -0.39 is 9.84 Å². The van der Waals surface area contributed by atoms with Crippen LogP contribution in [0.15, 0.2) is 0 Å². The molecule has 0 aliphatic heterocycles. The van der Waals surface area contributed by atoms with Gasteiger partial charge in [-0.05, 0) is 33.2 Å². The lowest BCUT2D eigenvalue weighted by Gasteiger charge is -2.13. The lowest BCUT2D eigenvalue weighted by molar-refractivity contribution is 0.145. The smallest absolute Gasteiger partial charge is 0.154 e. The highest BCUT2D eigenvalue weighted by Gasteiger charge is 2.18. The molecule has 0 aromatic carbocycles. The third-order valence-electron chi connectivity index (χ3n) is 2.38. The predicted octanol–water partition coefficient (Wildman–Crippen LogP) is 1.22. The van der Waals surface area contributed by atoms with E-state index in [1.165, 1.54) is 0 Å². The molecule has 0 aromatic heterocycles. The van der Waals surface area contributed by atoms with Crippen LogP contribution in [0.4, 0.5) is 0 Å². The minimum absolute atomic E-state index is 0.287. The van der Waals surface area contributed by atoms with Crippen molar-refractivity contribution in [3.63, 3.8) is 0 Å². The molecule has 0 aliphatic rings. The summed E-state index contributed by atoms with van der Waals surface area (Å²) in [4.78, 5) is 0. The fraction of sp³-hybridized carbons (Fsp3) is 1.00. The fourth-order valence-corrected chi connectivity index (χ4v) is 2.70. The maximum absolute atomic E-state index is 11.6. The highest BCUT2D eigenvalue weighted by atomic mass is 32.2. The normalized spacial score (nSPS) is 13.9. The molecule has 1 atom stereocenters. The van der Waals surface area contributed by atoms with Crippen LogP contribution in [-0.2, 0) is 14.6 Å².